The summed E-state index contributed by atoms with van der Waals surface area (Å²) in [6, 6.07) is 84.8. The SMILES string of the molecule is Cc1cc(-c2c3ccccc3c(-c3ccc4ccccc4c3)c3ccccc23)ccc1-c1c(C)c2oc3cc(-c4c5ccccc5c(-c5ccccc5)c5ccccc45)ccc3c2c2ccccc12. The van der Waals surface area contributed by atoms with Gasteiger partial charge in [-0.05, 0) is 158 Å². The van der Waals surface area contributed by atoms with E-state index in [2.05, 4.69) is 244 Å². The summed E-state index contributed by atoms with van der Waals surface area (Å²) < 4.78 is 7.13. The highest BCUT2D eigenvalue weighted by atomic mass is 16.3. The molecule has 0 saturated heterocycles. The Morgan fingerprint density at radius 3 is 1.22 bits per heavy atom. The highest BCUT2D eigenvalue weighted by Gasteiger charge is 2.23. The Labute approximate surface area is 400 Å². The van der Waals surface area contributed by atoms with Gasteiger partial charge in [0.2, 0.25) is 0 Å². The van der Waals surface area contributed by atoms with E-state index in [0.29, 0.717) is 0 Å². The molecule has 14 rings (SSSR count). The first-order valence-electron chi connectivity index (χ1n) is 24.0. The van der Waals surface area contributed by atoms with Gasteiger partial charge in [0.15, 0.2) is 0 Å². The number of hydrogen-bond acceptors (Lipinski definition) is 1. The molecule has 0 fully saturated rings. The van der Waals surface area contributed by atoms with Crippen LogP contribution in [0.25, 0.3) is 142 Å². The fourth-order valence-electron chi connectivity index (χ4n) is 11.9. The van der Waals surface area contributed by atoms with Crippen LogP contribution in [0.15, 0.2) is 235 Å². The lowest BCUT2D eigenvalue weighted by molar-refractivity contribution is 0.666. The summed E-state index contributed by atoms with van der Waals surface area (Å²) in [7, 11) is 0. The van der Waals surface area contributed by atoms with E-state index in [0.717, 1.165) is 27.7 Å². The van der Waals surface area contributed by atoms with Crippen LogP contribution in [0.3, 0.4) is 0 Å². The molecule has 1 heteroatoms. The largest absolute Gasteiger partial charge is 0.456 e. The molecular weight excluding hydrogens is 833 g/mol. The Balaban J connectivity index is 0.942. The minimum absolute atomic E-state index is 0.895. The van der Waals surface area contributed by atoms with Crippen LogP contribution in [0.4, 0.5) is 0 Å². The first kappa shape index (κ1) is 39.4. The van der Waals surface area contributed by atoms with E-state index in [4.69, 9.17) is 4.42 Å². The monoisotopic (exact) mass is 876 g/mol. The number of fused-ring (bicyclic) bond motifs is 10. The molecule has 1 heterocycles. The van der Waals surface area contributed by atoms with Crippen LogP contribution in [-0.4, -0.2) is 0 Å². The molecule has 14 aromatic rings. The Hall–Kier alpha value is -8.78. The van der Waals surface area contributed by atoms with Crippen LogP contribution >= 0.6 is 0 Å². The van der Waals surface area contributed by atoms with Crippen LogP contribution in [0, 0.1) is 13.8 Å². The van der Waals surface area contributed by atoms with Gasteiger partial charge in [-0.15, -0.1) is 0 Å². The molecule has 0 N–H and O–H groups in total. The summed E-state index contributed by atoms with van der Waals surface area (Å²) >= 11 is 0. The lowest BCUT2D eigenvalue weighted by Crippen LogP contribution is -1.94. The van der Waals surface area contributed by atoms with Crippen molar-refractivity contribution >= 4 is 86.6 Å². The number of furan rings is 1. The lowest BCUT2D eigenvalue weighted by atomic mass is 9.84. The Morgan fingerprint density at radius 1 is 0.275 bits per heavy atom. The molecule has 0 aliphatic carbocycles. The molecule has 0 aliphatic heterocycles. The summed E-state index contributed by atoms with van der Waals surface area (Å²) in [4.78, 5) is 0. The summed E-state index contributed by atoms with van der Waals surface area (Å²) in [6.45, 7) is 4.52. The highest BCUT2D eigenvalue weighted by molar-refractivity contribution is 6.26. The predicted molar refractivity (Wildman–Crippen MR) is 295 cm³/mol. The maximum Gasteiger partial charge on any atom is 0.139 e. The Morgan fingerprint density at radius 2 is 0.681 bits per heavy atom. The number of hydrogen-bond donors (Lipinski definition) is 0. The van der Waals surface area contributed by atoms with Gasteiger partial charge in [0.25, 0.3) is 0 Å². The topological polar surface area (TPSA) is 13.1 Å². The van der Waals surface area contributed by atoms with Gasteiger partial charge in [0.05, 0.1) is 0 Å². The molecular formula is C68H44O. The van der Waals surface area contributed by atoms with Crippen molar-refractivity contribution in [2.45, 2.75) is 13.8 Å². The molecule has 69 heavy (non-hydrogen) atoms. The van der Waals surface area contributed by atoms with Crippen LogP contribution in [0.1, 0.15) is 11.1 Å². The van der Waals surface area contributed by atoms with Gasteiger partial charge in [-0.2, -0.15) is 0 Å². The fraction of sp³-hybridized carbons (Fsp3) is 0.0294. The molecule has 322 valence electrons. The fourth-order valence-corrected chi connectivity index (χ4v) is 11.9. The zero-order chi connectivity index (χ0) is 45.7. The van der Waals surface area contributed by atoms with Crippen LogP contribution in [0.5, 0.6) is 0 Å². The molecule has 0 bridgehead atoms. The van der Waals surface area contributed by atoms with E-state index in [-0.39, 0.29) is 0 Å². The number of benzene rings is 13. The third-order valence-corrected chi connectivity index (χ3v) is 14.9. The Kier molecular flexibility index (Phi) is 8.78. The van der Waals surface area contributed by atoms with Crippen molar-refractivity contribution in [3.63, 3.8) is 0 Å². The Bertz CT molecular complexity index is 4320. The van der Waals surface area contributed by atoms with Crippen LogP contribution in [0.2, 0.25) is 0 Å². The van der Waals surface area contributed by atoms with Crippen LogP contribution in [-0.2, 0) is 0 Å². The van der Waals surface area contributed by atoms with Crippen LogP contribution < -0.4 is 0 Å². The first-order chi connectivity index (χ1) is 34.1. The smallest absolute Gasteiger partial charge is 0.139 e. The molecule has 1 nitrogen and oxygen atoms in total. The van der Waals surface area contributed by atoms with Gasteiger partial charge in [0, 0.05) is 16.3 Å². The lowest BCUT2D eigenvalue weighted by Gasteiger charge is -2.19. The van der Waals surface area contributed by atoms with E-state index in [1.165, 1.54) is 126 Å². The summed E-state index contributed by atoms with van der Waals surface area (Å²) in [5, 5.41) is 17.2. The van der Waals surface area contributed by atoms with Crippen molar-refractivity contribution in [2.24, 2.45) is 0 Å². The molecule has 0 unspecified atom stereocenters. The summed E-state index contributed by atoms with van der Waals surface area (Å²) in [5.41, 5.74) is 16.5. The van der Waals surface area contributed by atoms with Gasteiger partial charge in [0.1, 0.15) is 11.2 Å². The number of aryl methyl sites for hydroxylation is 2. The molecule has 0 saturated carbocycles. The van der Waals surface area contributed by atoms with E-state index < -0.39 is 0 Å². The minimum Gasteiger partial charge on any atom is -0.456 e. The van der Waals surface area contributed by atoms with Gasteiger partial charge >= 0.3 is 0 Å². The molecule has 0 amide bonds. The van der Waals surface area contributed by atoms with Crippen molar-refractivity contribution in [1.82, 2.24) is 0 Å². The van der Waals surface area contributed by atoms with Crippen molar-refractivity contribution in [2.75, 3.05) is 0 Å². The van der Waals surface area contributed by atoms with Crippen molar-refractivity contribution in [3.05, 3.63) is 242 Å². The van der Waals surface area contributed by atoms with Gasteiger partial charge < -0.3 is 4.42 Å². The quantitative estimate of drug-likeness (QED) is 0.157. The van der Waals surface area contributed by atoms with Gasteiger partial charge in [-0.3, -0.25) is 0 Å². The normalized spacial score (nSPS) is 11.9. The van der Waals surface area contributed by atoms with Crippen molar-refractivity contribution in [1.29, 1.82) is 0 Å². The van der Waals surface area contributed by atoms with E-state index >= 15 is 0 Å². The number of rotatable bonds is 5. The molecule has 0 aliphatic rings. The standard InChI is InChI=1S/C68H44O/c1-41-38-46(64-55-27-13-15-29-57(55)65(58-30-16-14-28-56(58)64)47-33-32-43-18-6-7-21-45(43)39-47)34-36-49(41)62-42(2)68-67(59-31-17-8-22-50(59)62)60-37-35-48(40-61(60)69-68)66-53-25-11-9-23-51(53)63(44-19-4-3-5-20-44)52-24-10-12-26-54(52)66/h3-40H,1-2H3. The molecule has 0 atom stereocenters. The average Bonchev–Trinajstić information content (AvgIpc) is 3.79. The first-order valence-corrected chi connectivity index (χ1v) is 24.0. The van der Waals surface area contributed by atoms with E-state index in [1.54, 1.807) is 0 Å². The third kappa shape index (κ3) is 5.97. The van der Waals surface area contributed by atoms with Gasteiger partial charge in [-0.1, -0.05) is 212 Å². The molecule has 13 aromatic carbocycles. The average molecular weight is 877 g/mol. The highest BCUT2D eigenvalue weighted by Crippen LogP contribution is 2.49. The van der Waals surface area contributed by atoms with E-state index in [1.807, 2.05) is 0 Å². The van der Waals surface area contributed by atoms with Gasteiger partial charge in [-0.25, -0.2) is 0 Å². The molecule has 0 spiro atoms. The second-order valence-corrected chi connectivity index (χ2v) is 18.7. The molecule has 0 radical (unpaired) electrons. The third-order valence-electron chi connectivity index (χ3n) is 14.9. The zero-order valence-electron chi connectivity index (χ0n) is 38.3. The van der Waals surface area contributed by atoms with Crippen molar-refractivity contribution < 1.29 is 4.42 Å². The second-order valence-electron chi connectivity index (χ2n) is 18.7. The zero-order valence-corrected chi connectivity index (χ0v) is 38.3. The maximum absolute atomic E-state index is 7.13. The summed E-state index contributed by atoms with van der Waals surface area (Å²) in [6.07, 6.45) is 0. The van der Waals surface area contributed by atoms with Crippen molar-refractivity contribution in [3.8, 4) is 55.6 Å². The molecule has 1 aromatic heterocycles. The summed E-state index contributed by atoms with van der Waals surface area (Å²) in [5.74, 6) is 0. The minimum atomic E-state index is 0.895. The predicted octanol–water partition coefficient (Wildman–Crippen LogP) is 19.5. The van der Waals surface area contributed by atoms with E-state index in [9.17, 15) is 0 Å². The maximum atomic E-state index is 7.13. The second kappa shape index (κ2) is 15.4.